The van der Waals surface area contributed by atoms with Gasteiger partial charge >= 0.3 is 5.97 Å². The van der Waals surface area contributed by atoms with E-state index in [1.54, 1.807) is 18.2 Å². The Bertz CT molecular complexity index is 864. The van der Waals surface area contributed by atoms with Gasteiger partial charge in [-0.15, -0.1) is 0 Å². The summed E-state index contributed by atoms with van der Waals surface area (Å²) in [4.78, 5) is 11.3. The normalized spacial score (nSPS) is 26.4. The smallest absolute Gasteiger partial charge is 0.335 e. The number of hydrogen-bond donors (Lipinski definition) is 5. The summed E-state index contributed by atoms with van der Waals surface area (Å²) in [6, 6.07) is 17.0. The first kappa shape index (κ1) is 24.1. The molecule has 3 rings (SSSR count). The molecule has 2 aromatic rings. The number of aliphatic carboxylic acids is 1. The van der Waals surface area contributed by atoms with Crippen molar-refractivity contribution in [3.05, 3.63) is 65.7 Å². The molecule has 1 saturated heterocycles. The predicted octanol–water partition coefficient (Wildman–Crippen LogP) is 0.825. The van der Waals surface area contributed by atoms with Crippen molar-refractivity contribution < 1.29 is 39.4 Å². The molecule has 2 aromatic carbocycles. The van der Waals surface area contributed by atoms with E-state index in [9.17, 15) is 25.2 Å². The molecular weight excluding hydrogens is 418 g/mol. The molecule has 6 atom stereocenters. The van der Waals surface area contributed by atoms with E-state index in [2.05, 4.69) is 5.32 Å². The van der Waals surface area contributed by atoms with Crippen molar-refractivity contribution in [2.24, 2.45) is 0 Å². The molecule has 174 valence electrons. The zero-order chi connectivity index (χ0) is 23.1. The number of hydrogen-bond acceptors (Lipinski definition) is 8. The summed E-state index contributed by atoms with van der Waals surface area (Å²) in [6.45, 7) is 0.678. The number of ether oxygens (including phenoxy) is 3. The largest absolute Gasteiger partial charge is 0.485 e. The number of aliphatic hydroxyl groups excluding tert-OH is 3. The molecule has 9 nitrogen and oxygen atoms in total. The van der Waals surface area contributed by atoms with Gasteiger partial charge in [0.25, 0.3) is 0 Å². The van der Waals surface area contributed by atoms with Crippen LogP contribution in [0.4, 0.5) is 0 Å². The fourth-order valence-electron chi connectivity index (χ4n) is 3.49. The van der Waals surface area contributed by atoms with E-state index in [0.717, 1.165) is 18.5 Å². The maximum Gasteiger partial charge on any atom is 0.335 e. The topological polar surface area (TPSA) is 138 Å². The quantitative estimate of drug-likeness (QED) is 0.358. The van der Waals surface area contributed by atoms with Crippen LogP contribution in [-0.2, 0) is 20.9 Å². The van der Waals surface area contributed by atoms with Gasteiger partial charge < -0.3 is 40.0 Å². The Morgan fingerprint density at radius 1 is 1.03 bits per heavy atom. The minimum absolute atomic E-state index is 0.0689. The van der Waals surface area contributed by atoms with Crippen molar-refractivity contribution in [3.8, 4) is 5.75 Å². The van der Waals surface area contributed by atoms with Gasteiger partial charge in [-0.05, 0) is 25.2 Å². The van der Waals surface area contributed by atoms with Crippen LogP contribution >= 0.6 is 0 Å². The molecule has 9 heteroatoms. The first-order valence-corrected chi connectivity index (χ1v) is 10.4. The number of aliphatic hydroxyl groups is 3. The Labute approximate surface area is 186 Å². The van der Waals surface area contributed by atoms with E-state index < -0.39 is 36.7 Å². The van der Waals surface area contributed by atoms with E-state index in [0.29, 0.717) is 11.3 Å². The molecule has 1 aliphatic heterocycles. The van der Waals surface area contributed by atoms with Crippen LogP contribution < -0.4 is 10.1 Å². The van der Waals surface area contributed by atoms with Crippen LogP contribution in [0.3, 0.4) is 0 Å². The lowest BCUT2D eigenvalue weighted by atomic mass is 9.99. The monoisotopic (exact) mass is 447 g/mol. The standard InChI is InChI=1S/C23H29NO8/c1-24-12-11-17(14-7-3-2-4-8-14)31-16-10-6-5-9-15(16)13-30-23-20(27)18(25)19(26)21(32-23)22(28)29/h2-10,17-21,23-27H,11-13H2,1H3,(H,28,29)/t17-,18+,19+,20-,21+,23-/m1/s1. The lowest BCUT2D eigenvalue weighted by Crippen LogP contribution is -2.60. The maximum absolute atomic E-state index is 11.3. The summed E-state index contributed by atoms with van der Waals surface area (Å²) >= 11 is 0. The zero-order valence-corrected chi connectivity index (χ0v) is 17.7. The number of carboxylic acids is 1. The number of benzene rings is 2. The fraction of sp³-hybridized carbons (Fsp3) is 0.435. The molecule has 5 N–H and O–H groups in total. The molecule has 0 radical (unpaired) electrons. The van der Waals surface area contributed by atoms with Gasteiger partial charge in [-0.1, -0.05) is 48.5 Å². The summed E-state index contributed by atoms with van der Waals surface area (Å²) in [5.41, 5.74) is 1.67. The second-order valence-corrected chi connectivity index (χ2v) is 7.56. The molecule has 0 aromatic heterocycles. The van der Waals surface area contributed by atoms with Crippen LogP contribution in [-0.4, -0.2) is 70.7 Å². The summed E-state index contributed by atoms with van der Waals surface area (Å²) in [6.07, 6.45) is -7.73. The summed E-state index contributed by atoms with van der Waals surface area (Å²) in [5.74, 6) is -0.894. The second kappa shape index (κ2) is 11.4. The Balaban J connectivity index is 1.72. The van der Waals surface area contributed by atoms with E-state index in [1.807, 2.05) is 43.4 Å². The minimum atomic E-state index is -1.77. The Morgan fingerprint density at radius 2 is 1.72 bits per heavy atom. The Hall–Kier alpha value is -2.53. The molecule has 0 amide bonds. The van der Waals surface area contributed by atoms with Gasteiger partial charge in [0.2, 0.25) is 0 Å². The second-order valence-electron chi connectivity index (χ2n) is 7.56. The van der Waals surface area contributed by atoms with Crippen molar-refractivity contribution in [1.29, 1.82) is 0 Å². The molecular formula is C23H29NO8. The highest BCUT2D eigenvalue weighted by atomic mass is 16.7. The van der Waals surface area contributed by atoms with Gasteiger partial charge in [-0.25, -0.2) is 4.79 Å². The molecule has 0 saturated carbocycles. The zero-order valence-electron chi connectivity index (χ0n) is 17.7. The first-order valence-electron chi connectivity index (χ1n) is 10.4. The third-order valence-corrected chi connectivity index (χ3v) is 5.29. The third kappa shape index (κ3) is 5.83. The molecule has 0 spiro atoms. The molecule has 1 heterocycles. The van der Waals surface area contributed by atoms with Crippen molar-refractivity contribution in [2.75, 3.05) is 13.6 Å². The number of nitrogens with one attached hydrogen (secondary N) is 1. The van der Waals surface area contributed by atoms with E-state index in [-0.39, 0.29) is 12.7 Å². The highest BCUT2D eigenvalue weighted by molar-refractivity contribution is 5.73. The van der Waals surface area contributed by atoms with Crippen molar-refractivity contribution in [1.82, 2.24) is 5.32 Å². The minimum Gasteiger partial charge on any atom is -0.485 e. The molecule has 32 heavy (non-hydrogen) atoms. The van der Waals surface area contributed by atoms with Gasteiger partial charge in [-0.2, -0.15) is 0 Å². The van der Waals surface area contributed by atoms with Crippen LogP contribution in [0.5, 0.6) is 5.75 Å². The van der Waals surface area contributed by atoms with Crippen LogP contribution in [0.15, 0.2) is 54.6 Å². The Morgan fingerprint density at radius 3 is 2.41 bits per heavy atom. The van der Waals surface area contributed by atoms with Crippen molar-refractivity contribution >= 4 is 5.97 Å². The fourth-order valence-corrected chi connectivity index (χ4v) is 3.49. The van der Waals surface area contributed by atoms with Crippen LogP contribution in [0.25, 0.3) is 0 Å². The molecule has 0 aliphatic carbocycles. The summed E-state index contributed by atoms with van der Waals surface area (Å²) in [7, 11) is 1.87. The number of carboxylic acid groups (broad SMARTS) is 1. The maximum atomic E-state index is 11.3. The van der Waals surface area contributed by atoms with Gasteiger partial charge in [-0.3, -0.25) is 0 Å². The van der Waals surface area contributed by atoms with Crippen LogP contribution in [0.1, 0.15) is 23.7 Å². The van der Waals surface area contributed by atoms with Gasteiger partial charge in [0.05, 0.1) is 6.61 Å². The Kier molecular flexibility index (Phi) is 8.57. The van der Waals surface area contributed by atoms with Crippen LogP contribution in [0.2, 0.25) is 0 Å². The molecule has 1 aliphatic rings. The first-order chi connectivity index (χ1) is 15.4. The lowest BCUT2D eigenvalue weighted by molar-refractivity contribution is -0.297. The van der Waals surface area contributed by atoms with E-state index in [1.165, 1.54) is 0 Å². The SMILES string of the molecule is CNCC[C@@H](Oc1ccccc1CO[C@@H]1O[C@H](C(=O)O)[C@@H](O)[C@H](O)[C@H]1O)c1ccccc1. The number of rotatable bonds is 10. The van der Waals surface area contributed by atoms with Crippen LogP contribution in [0, 0.1) is 0 Å². The summed E-state index contributed by atoms with van der Waals surface area (Å²) < 4.78 is 17.1. The lowest BCUT2D eigenvalue weighted by Gasteiger charge is -2.38. The van der Waals surface area contributed by atoms with E-state index in [4.69, 9.17) is 14.2 Å². The summed E-state index contributed by atoms with van der Waals surface area (Å²) in [5, 5.41) is 42.2. The molecule has 1 fully saturated rings. The average molecular weight is 447 g/mol. The number of para-hydroxylation sites is 1. The van der Waals surface area contributed by atoms with Crippen molar-refractivity contribution in [3.63, 3.8) is 0 Å². The highest BCUT2D eigenvalue weighted by Crippen LogP contribution is 2.29. The van der Waals surface area contributed by atoms with Gasteiger partial charge in [0, 0.05) is 12.0 Å². The van der Waals surface area contributed by atoms with E-state index >= 15 is 0 Å². The third-order valence-electron chi connectivity index (χ3n) is 5.29. The predicted molar refractivity (Wildman–Crippen MR) is 114 cm³/mol. The average Bonchev–Trinajstić information content (AvgIpc) is 2.80. The molecule has 0 bridgehead atoms. The highest BCUT2D eigenvalue weighted by Gasteiger charge is 2.47. The van der Waals surface area contributed by atoms with Gasteiger partial charge in [0.1, 0.15) is 30.2 Å². The van der Waals surface area contributed by atoms with Crippen molar-refractivity contribution in [2.45, 2.75) is 49.8 Å². The molecule has 0 unspecified atom stereocenters. The number of carbonyl (C=O) groups is 1. The van der Waals surface area contributed by atoms with Gasteiger partial charge in [0.15, 0.2) is 12.4 Å².